The number of aromatic nitrogens is 2. The third-order valence-corrected chi connectivity index (χ3v) is 3.31. The van der Waals surface area contributed by atoms with Crippen LogP contribution in [0.3, 0.4) is 0 Å². The summed E-state index contributed by atoms with van der Waals surface area (Å²) in [5, 5.41) is 0. The van der Waals surface area contributed by atoms with Crippen LogP contribution in [0.25, 0.3) is 11.0 Å². The van der Waals surface area contributed by atoms with Gasteiger partial charge < -0.3 is 9.72 Å². The average molecular weight is 272 g/mol. The predicted molar refractivity (Wildman–Crippen MR) is 62.0 cm³/mol. The Morgan fingerprint density at radius 1 is 1.37 bits per heavy atom. The lowest BCUT2D eigenvalue weighted by Crippen LogP contribution is -2.22. The molecule has 1 unspecified atom stereocenters. The average Bonchev–Trinajstić information content (AvgIpc) is 2.92. The maximum absolute atomic E-state index is 12.6. The number of halogens is 3. The maximum atomic E-state index is 12.6. The molecular formula is C12H11F3N2O2. The molecule has 1 saturated heterocycles. The molecule has 0 amide bonds. The van der Waals surface area contributed by atoms with E-state index in [1.807, 2.05) is 0 Å². The van der Waals surface area contributed by atoms with E-state index in [4.69, 9.17) is 4.74 Å². The van der Waals surface area contributed by atoms with Crippen LogP contribution >= 0.6 is 0 Å². The van der Waals surface area contributed by atoms with E-state index >= 15 is 0 Å². The molecule has 0 saturated carbocycles. The van der Waals surface area contributed by atoms with Gasteiger partial charge in [0.2, 0.25) is 0 Å². The number of nitrogens with one attached hydrogen (secondary N) is 1. The number of rotatable bonds is 1. The number of H-pyrrole nitrogens is 1. The van der Waals surface area contributed by atoms with E-state index in [2.05, 4.69) is 4.98 Å². The Morgan fingerprint density at radius 2 is 2.16 bits per heavy atom. The van der Waals surface area contributed by atoms with Crippen LogP contribution in [0.15, 0.2) is 23.0 Å². The van der Waals surface area contributed by atoms with Gasteiger partial charge in [0.05, 0.1) is 29.2 Å². The van der Waals surface area contributed by atoms with E-state index in [0.717, 1.165) is 12.1 Å². The molecule has 1 aliphatic heterocycles. The zero-order valence-electron chi connectivity index (χ0n) is 9.83. The summed E-state index contributed by atoms with van der Waals surface area (Å²) >= 11 is 0. The van der Waals surface area contributed by atoms with Gasteiger partial charge >= 0.3 is 11.9 Å². The molecule has 0 aliphatic carbocycles. The molecule has 0 bridgehead atoms. The summed E-state index contributed by atoms with van der Waals surface area (Å²) in [6.45, 7) is 0.971. The number of fused-ring (bicyclic) bond motifs is 1. The van der Waals surface area contributed by atoms with Crippen molar-refractivity contribution < 1.29 is 17.9 Å². The SMILES string of the molecule is O=c1[nH]c2cc(C(F)(F)F)ccc2n1C1CCOC1. The smallest absolute Gasteiger partial charge is 0.379 e. The van der Waals surface area contributed by atoms with Gasteiger partial charge in [0.25, 0.3) is 0 Å². The highest BCUT2D eigenvalue weighted by atomic mass is 19.4. The Bertz CT molecular complexity index is 666. The van der Waals surface area contributed by atoms with E-state index in [0.29, 0.717) is 25.2 Å². The molecule has 1 aromatic carbocycles. The summed E-state index contributed by atoms with van der Waals surface area (Å²) in [5.74, 6) is 0. The zero-order valence-corrected chi connectivity index (χ0v) is 9.83. The Balaban J connectivity index is 2.15. The largest absolute Gasteiger partial charge is 0.416 e. The molecule has 1 fully saturated rings. The predicted octanol–water partition coefficient (Wildman–Crippen LogP) is 2.31. The molecule has 3 rings (SSSR count). The fourth-order valence-corrected chi connectivity index (χ4v) is 2.40. The van der Waals surface area contributed by atoms with Gasteiger partial charge in [-0.2, -0.15) is 13.2 Å². The van der Waals surface area contributed by atoms with E-state index in [1.165, 1.54) is 10.6 Å². The van der Waals surface area contributed by atoms with Gasteiger partial charge in [-0.3, -0.25) is 4.57 Å². The summed E-state index contributed by atoms with van der Waals surface area (Å²) < 4.78 is 44.5. The van der Waals surface area contributed by atoms with E-state index in [1.54, 1.807) is 0 Å². The highest BCUT2D eigenvalue weighted by molar-refractivity contribution is 5.76. The molecule has 7 heteroatoms. The minimum Gasteiger partial charge on any atom is -0.379 e. The van der Waals surface area contributed by atoms with Crippen LogP contribution in [-0.4, -0.2) is 22.8 Å². The third kappa shape index (κ3) is 2.03. The second-order valence-electron chi connectivity index (χ2n) is 4.55. The lowest BCUT2D eigenvalue weighted by Gasteiger charge is -2.10. The van der Waals surface area contributed by atoms with Crippen molar-refractivity contribution in [2.45, 2.75) is 18.6 Å². The van der Waals surface area contributed by atoms with E-state index < -0.39 is 17.4 Å². The van der Waals surface area contributed by atoms with Crippen molar-refractivity contribution in [3.05, 3.63) is 34.2 Å². The molecule has 1 atom stereocenters. The van der Waals surface area contributed by atoms with Crippen LogP contribution in [0.2, 0.25) is 0 Å². The van der Waals surface area contributed by atoms with Crippen molar-refractivity contribution in [2.75, 3.05) is 13.2 Å². The van der Waals surface area contributed by atoms with Gasteiger partial charge in [0.1, 0.15) is 0 Å². The van der Waals surface area contributed by atoms with Crippen LogP contribution < -0.4 is 5.69 Å². The van der Waals surface area contributed by atoms with Gasteiger partial charge in [-0.15, -0.1) is 0 Å². The molecular weight excluding hydrogens is 261 g/mol. The van der Waals surface area contributed by atoms with Crippen LogP contribution in [-0.2, 0) is 10.9 Å². The minimum atomic E-state index is -4.41. The lowest BCUT2D eigenvalue weighted by atomic mass is 10.2. The summed E-state index contributed by atoms with van der Waals surface area (Å²) in [7, 11) is 0. The highest BCUT2D eigenvalue weighted by Crippen LogP contribution is 2.31. The number of ether oxygens (including phenoxy) is 1. The molecule has 4 nitrogen and oxygen atoms in total. The first-order valence-electron chi connectivity index (χ1n) is 5.86. The van der Waals surface area contributed by atoms with Crippen LogP contribution in [0.5, 0.6) is 0 Å². The fourth-order valence-electron chi connectivity index (χ4n) is 2.40. The van der Waals surface area contributed by atoms with Crippen molar-refractivity contribution in [1.82, 2.24) is 9.55 Å². The fraction of sp³-hybridized carbons (Fsp3) is 0.417. The molecule has 0 spiro atoms. The molecule has 1 N–H and O–H groups in total. The van der Waals surface area contributed by atoms with Crippen molar-refractivity contribution in [1.29, 1.82) is 0 Å². The topological polar surface area (TPSA) is 47.0 Å². The highest BCUT2D eigenvalue weighted by Gasteiger charge is 2.31. The van der Waals surface area contributed by atoms with Crippen LogP contribution in [0.1, 0.15) is 18.0 Å². The number of hydrogen-bond donors (Lipinski definition) is 1. The Kier molecular flexibility index (Phi) is 2.67. The number of aromatic amines is 1. The number of alkyl halides is 3. The molecule has 2 heterocycles. The van der Waals surface area contributed by atoms with Crippen molar-refractivity contribution >= 4 is 11.0 Å². The van der Waals surface area contributed by atoms with Gasteiger partial charge in [0.15, 0.2) is 0 Å². The summed E-state index contributed by atoms with van der Waals surface area (Å²) in [6.07, 6.45) is -3.72. The van der Waals surface area contributed by atoms with Crippen molar-refractivity contribution in [3.8, 4) is 0 Å². The third-order valence-electron chi connectivity index (χ3n) is 3.31. The van der Waals surface area contributed by atoms with Crippen molar-refractivity contribution in [3.63, 3.8) is 0 Å². The van der Waals surface area contributed by atoms with Gasteiger partial charge in [-0.25, -0.2) is 4.79 Å². The number of imidazole rings is 1. The number of benzene rings is 1. The van der Waals surface area contributed by atoms with Gasteiger partial charge in [-0.1, -0.05) is 0 Å². The second kappa shape index (κ2) is 4.12. The van der Waals surface area contributed by atoms with Crippen LogP contribution in [0.4, 0.5) is 13.2 Å². The monoisotopic (exact) mass is 272 g/mol. The maximum Gasteiger partial charge on any atom is 0.416 e. The lowest BCUT2D eigenvalue weighted by molar-refractivity contribution is -0.137. The van der Waals surface area contributed by atoms with Crippen LogP contribution in [0, 0.1) is 0 Å². The quantitative estimate of drug-likeness (QED) is 0.866. The van der Waals surface area contributed by atoms with Gasteiger partial charge in [-0.05, 0) is 24.6 Å². The first-order chi connectivity index (χ1) is 8.97. The Labute approximate surface area is 105 Å². The summed E-state index contributed by atoms with van der Waals surface area (Å²) in [6, 6.07) is 3.16. The Morgan fingerprint density at radius 3 is 2.79 bits per heavy atom. The first-order valence-corrected chi connectivity index (χ1v) is 5.86. The summed E-state index contributed by atoms with van der Waals surface area (Å²) in [4.78, 5) is 14.3. The Hall–Kier alpha value is -1.76. The van der Waals surface area contributed by atoms with E-state index in [-0.39, 0.29) is 11.6 Å². The zero-order chi connectivity index (χ0) is 13.6. The molecule has 0 radical (unpaired) electrons. The minimum absolute atomic E-state index is 0.113. The van der Waals surface area contributed by atoms with Gasteiger partial charge in [0, 0.05) is 6.61 Å². The normalized spacial score (nSPS) is 20.3. The molecule has 1 aromatic heterocycles. The molecule has 102 valence electrons. The first kappa shape index (κ1) is 12.3. The number of nitrogens with zero attached hydrogens (tertiary/aromatic N) is 1. The molecule has 19 heavy (non-hydrogen) atoms. The second-order valence-corrected chi connectivity index (χ2v) is 4.55. The standard InChI is InChI=1S/C12H11F3N2O2/c13-12(14,15)7-1-2-10-9(5-7)16-11(18)17(10)8-3-4-19-6-8/h1-2,5,8H,3-4,6H2,(H,16,18). The van der Waals surface area contributed by atoms with E-state index in [9.17, 15) is 18.0 Å². The summed E-state index contributed by atoms with van der Waals surface area (Å²) in [5.41, 5.74) is -0.485. The molecule has 2 aromatic rings. The number of hydrogen-bond acceptors (Lipinski definition) is 2. The molecule has 1 aliphatic rings. The van der Waals surface area contributed by atoms with Crippen molar-refractivity contribution in [2.24, 2.45) is 0 Å².